The van der Waals surface area contributed by atoms with E-state index in [1.54, 1.807) is 0 Å². The summed E-state index contributed by atoms with van der Waals surface area (Å²) in [5, 5.41) is 2.52. The highest BCUT2D eigenvalue weighted by Gasteiger charge is 2.15. The largest absolute Gasteiger partial charge is 0.311 e. The number of hydrogen-bond donors (Lipinski definition) is 0. The lowest BCUT2D eigenvalue weighted by Crippen LogP contribution is -2.09. The molecular formula is C48H34N2. The van der Waals surface area contributed by atoms with Crippen molar-refractivity contribution in [2.24, 2.45) is 0 Å². The van der Waals surface area contributed by atoms with E-state index >= 15 is 0 Å². The van der Waals surface area contributed by atoms with Crippen LogP contribution in [0.15, 0.2) is 206 Å². The van der Waals surface area contributed by atoms with Crippen molar-refractivity contribution in [3.05, 3.63) is 206 Å². The maximum absolute atomic E-state index is 2.36. The monoisotopic (exact) mass is 638 g/mol. The Morgan fingerprint density at radius 2 is 0.720 bits per heavy atom. The number of rotatable bonds is 7. The summed E-state index contributed by atoms with van der Waals surface area (Å²) in [6.07, 6.45) is 0. The second-order valence-electron chi connectivity index (χ2n) is 12.6. The maximum Gasteiger partial charge on any atom is 0.0541 e. The smallest absolute Gasteiger partial charge is 0.0541 e. The van der Waals surface area contributed by atoms with Gasteiger partial charge in [0.15, 0.2) is 0 Å². The highest BCUT2D eigenvalue weighted by atomic mass is 15.1. The summed E-state index contributed by atoms with van der Waals surface area (Å²) in [5.74, 6) is 0. The third-order valence-corrected chi connectivity index (χ3v) is 9.59. The highest BCUT2D eigenvalue weighted by molar-refractivity contribution is 6.10. The molecule has 0 fully saturated rings. The molecule has 9 aromatic rings. The lowest BCUT2D eigenvalue weighted by molar-refractivity contribution is 1.18. The Bertz CT molecular complexity index is 2550. The quantitative estimate of drug-likeness (QED) is 0.169. The molecule has 50 heavy (non-hydrogen) atoms. The van der Waals surface area contributed by atoms with E-state index in [1.165, 1.54) is 60.9 Å². The van der Waals surface area contributed by atoms with Crippen LogP contribution in [0.25, 0.3) is 60.9 Å². The molecule has 0 aliphatic carbocycles. The third-order valence-electron chi connectivity index (χ3n) is 9.59. The minimum Gasteiger partial charge on any atom is -0.311 e. The molecule has 8 aromatic carbocycles. The predicted molar refractivity (Wildman–Crippen MR) is 212 cm³/mol. The van der Waals surface area contributed by atoms with Crippen molar-refractivity contribution < 1.29 is 0 Å². The highest BCUT2D eigenvalue weighted by Crippen LogP contribution is 2.38. The Hall–Kier alpha value is -6.64. The zero-order valence-corrected chi connectivity index (χ0v) is 27.5. The molecule has 236 valence electrons. The summed E-state index contributed by atoms with van der Waals surface area (Å²) in [4.78, 5) is 2.32. The number of benzene rings is 8. The molecule has 2 nitrogen and oxygen atoms in total. The Balaban J connectivity index is 1.05. The van der Waals surface area contributed by atoms with Crippen LogP contribution >= 0.6 is 0 Å². The van der Waals surface area contributed by atoms with E-state index in [0.717, 1.165) is 17.1 Å². The molecular weight excluding hydrogens is 605 g/mol. The van der Waals surface area contributed by atoms with E-state index in [2.05, 4.69) is 216 Å². The van der Waals surface area contributed by atoms with Crippen LogP contribution in [0.4, 0.5) is 17.1 Å². The fourth-order valence-corrected chi connectivity index (χ4v) is 7.15. The minimum absolute atomic E-state index is 1.11. The van der Waals surface area contributed by atoms with Crippen molar-refractivity contribution in [1.82, 2.24) is 4.57 Å². The molecule has 1 aromatic heterocycles. The SMILES string of the molecule is c1ccc(-c2ccc(N(c3ccccc3)c3ccc(-c4cccc(-c5ccc6c(c5)c5ccccc5n6-c5ccccc5)c4)cc3)cc2)cc1. The first-order valence-electron chi connectivity index (χ1n) is 17.1. The van der Waals surface area contributed by atoms with Crippen LogP contribution in [0.1, 0.15) is 0 Å². The standard InChI is InChI=1S/C48H34N2/c1-4-13-35(14-5-1)36-23-28-43(29-24-36)49(41-17-6-2-7-18-41)44-30-25-37(26-31-44)38-15-12-16-39(33-38)40-27-32-48-46(34-40)45-21-10-11-22-47(45)50(48)42-19-8-3-9-20-42/h1-34H. The van der Waals surface area contributed by atoms with Crippen molar-refractivity contribution in [1.29, 1.82) is 0 Å². The Morgan fingerprint density at radius 3 is 1.40 bits per heavy atom. The Kier molecular flexibility index (Phi) is 7.53. The van der Waals surface area contributed by atoms with E-state index in [-0.39, 0.29) is 0 Å². The van der Waals surface area contributed by atoms with Gasteiger partial charge in [0.1, 0.15) is 0 Å². The van der Waals surface area contributed by atoms with E-state index in [1.807, 2.05) is 0 Å². The molecule has 0 aliphatic heterocycles. The zero-order chi connectivity index (χ0) is 33.3. The molecule has 0 atom stereocenters. The molecule has 0 unspecified atom stereocenters. The van der Waals surface area contributed by atoms with Gasteiger partial charge in [-0.25, -0.2) is 0 Å². The van der Waals surface area contributed by atoms with Crippen molar-refractivity contribution >= 4 is 38.9 Å². The normalized spacial score (nSPS) is 11.2. The molecule has 0 amide bonds. The van der Waals surface area contributed by atoms with Crippen LogP contribution in [-0.4, -0.2) is 4.57 Å². The predicted octanol–water partition coefficient (Wildman–Crippen LogP) is 13.3. The fraction of sp³-hybridized carbons (Fsp3) is 0. The van der Waals surface area contributed by atoms with Crippen molar-refractivity contribution in [2.45, 2.75) is 0 Å². The number of fused-ring (bicyclic) bond motifs is 3. The van der Waals surface area contributed by atoms with Gasteiger partial charge in [0.05, 0.1) is 11.0 Å². The van der Waals surface area contributed by atoms with Gasteiger partial charge in [-0.2, -0.15) is 0 Å². The van der Waals surface area contributed by atoms with E-state index in [4.69, 9.17) is 0 Å². The Morgan fingerprint density at radius 1 is 0.280 bits per heavy atom. The number of nitrogens with zero attached hydrogens (tertiary/aromatic N) is 2. The first-order chi connectivity index (χ1) is 24.8. The lowest BCUT2D eigenvalue weighted by Gasteiger charge is -2.26. The molecule has 0 aliphatic rings. The second kappa shape index (κ2) is 12.8. The summed E-state index contributed by atoms with van der Waals surface area (Å²) < 4.78 is 2.36. The minimum atomic E-state index is 1.11. The van der Waals surface area contributed by atoms with Crippen molar-refractivity contribution in [3.8, 4) is 39.1 Å². The molecule has 2 heteroatoms. The van der Waals surface area contributed by atoms with Crippen LogP contribution in [0.2, 0.25) is 0 Å². The van der Waals surface area contributed by atoms with Gasteiger partial charge in [-0.05, 0) is 106 Å². The molecule has 9 rings (SSSR count). The topological polar surface area (TPSA) is 8.17 Å². The zero-order valence-electron chi connectivity index (χ0n) is 27.5. The van der Waals surface area contributed by atoms with Crippen molar-refractivity contribution in [2.75, 3.05) is 4.90 Å². The average molecular weight is 639 g/mol. The molecule has 0 N–H and O–H groups in total. The van der Waals surface area contributed by atoms with Gasteiger partial charge in [0.2, 0.25) is 0 Å². The summed E-state index contributed by atoms with van der Waals surface area (Å²) in [6, 6.07) is 74.0. The van der Waals surface area contributed by atoms with Gasteiger partial charge in [-0.3, -0.25) is 0 Å². The van der Waals surface area contributed by atoms with E-state index < -0.39 is 0 Å². The van der Waals surface area contributed by atoms with Gasteiger partial charge in [-0.15, -0.1) is 0 Å². The van der Waals surface area contributed by atoms with Crippen molar-refractivity contribution in [3.63, 3.8) is 0 Å². The van der Waals surface area contributed by atoms with Gasteiger partial charge >= 0.3 is 0 Å². The van der Waals surface area contributed by atoms with Crippen LogP contribution in [0.5, 0.6) is 0 Å². The van der Waals surface area contributed by atoms with E-state index in [9.17, 15) is 0 Å². The van der Waals surface area contributed by atoms with Crippen LogP contribution in [0.3, 0.4) is 0 Å². The fourth-order valence-electron chi connectivity index (χ4n) is 7.15. The maximum atomic E-state index is 2.36. The third kappa shape index (κ3) is 5.43. The lowest BCUT2D eigenvalue weighted by atomic mass is 9.97. The van der Waals surface area contributed by atoms with Crippen LogP contribution in [0, 0.1) is 0 Å². The number of aromatic nitrogens is 1. The number of anilines is 3. The average Bonchev–Trinajstić information content (AvgIpc) is 3.53. The van der Waals surface area contributed by atoms with Gasteiger partial charge < -0.3 is 9.47 Å². The molecule has 0 saturated heterocycles. The summed E-state index contributed by atoms with van der Waals surface area (Å²) in [5.41, 5.74) is 14.2. The molecule has 0 radical (unpaired) electrons. The molecule has 0 bridgehead atoms. The number of para-hydroxylation sites is 3. The van der Waals surface area contributed by atoms with Gasteiger partial charge in [0.25, 0.3) is 0 Å². The van der Waals surface area contributed by atoms with Crippen LogP contribution < -0.4 is 4.90 Å². The summed E-state index contributed by atoms with van der Waals surface area (Å²) in [6.45, 7) is 0. The van der Waals surface area contributed by atoms with E-state index in [0.29, 0.717) is 0 Å². The van der Waals surface area contributed by atoms with Crippen LogP contribution in [-0.2, 0) is 0 Å². The first-order valence-corrected chi connectivity index (χ1v) is 17.1. The molecule has 0 spiro atoms. The Labute approximate surface area is 292 Å². The molecule has 1 heterocycles. The van der Waals surface area contributed by atoms with Gasteiger partial charge in [-0.1, -0.05) is 133 Å². The number of hydrogen-bond acceptors (Lipinski definition) is 1. The summed E-state index contributed by atoms with van der Waals surface area (Å²) in [7, 11) is 0. The van der Waals surface area contributed by atoms with Gasteiger partial charge in [0, 0.05) is 33.5 Å². The first kappa shape index (κ1) is 29.5. The molecule has 0 saturated carbocycles. The summed E-state index contributed by atoms with van der Waals surface area (Å²) >= 11 is 0. The second-order valence-corrected chi connectivity index (χ2v) is 12.6.